The first-order valence-electron chi connectivity index (χ1n) is 7.94. The van der Waals surface area contributed by atoms with Crippen LogP contribution in [-0.4, -0.2) is 33.6 Å². The van der Waals surface area contributed by atoms with Gasteiger partial charge in [-0.3, -0.25) is 19.8 Å². The Bertz CT molecular complexity index is 819. The Kier molecular flexibility index (Phi) is 4.91. The monoisotopic (exact) mass is 375 g/mol. The summed E-state index contributed by atoms with van der Waals surface area (Å²) in [4.78, 5) is 38.9. The average molecular weight is 375 g/mol. The third-order valence-corrected chi connectivity index (χ3v) is 5.30. The number of hydrogen-bond donors (Lipinski definition) is 1. The second-order valence-corrected chi connectivity index (χ2v) is 7.35. The fourth-order valence-electron chi connectivity index (χ4n) is 2.81. The van der Waals surface area contributed by atoms with E-state index in [0.29, 0.717) is 12.1 Å². The molecule has 3 rings (SSSR count). The normalized spacial score (nSPS) is 19.7. The number of hydrazine groups is 1. The van der Waals surface area contributed by atoms with Gasteiger partial charge < -0.3 is 4.90 Å². The van der Waals surface area contributed by atoms with Crippen molar-refractivity contribution in [2.75, 3.05) is 11.4 Å². The number of thioether (sulfide) groups is 1. The van der Waals surface area contributed by atoms with Crippen molar-refractivity contribution in [3.05, 3.63) is 34.7 Å². The molecule has 0 radical (unpaired) electrons. The number of thiocarbonyl (C=S) groups is 1. The molecule has 8 heteroatoms. The second kappa shape index (κ2) is 6.97. The van der Waals surface area contributed by atoms with E-state index >= 15 is 0 Å². The summed E-state index contributed by atoms with van der Waals surface area (Å²) in [5.41, 5.74) is 4.30. The molecular weight excluding hydrogens is 358 g/mol. The Balaban J connectivity index is 2.06. The summed E-state index contributed by atoms with van der Waals surface area (Å²) >= 11 is 6.22. The molecule has 1 aromatic rings. The van der Waals surface area contributed by atoms with Gasteiger partial charge in [0.05, 0.1) is 16.2 Å². The molecular formula is C17H17N3O3S2. The van der Waals surface area contributed by atoms with Gasteiger partial charge >= 0.3 is 0 Å². The zero-order chi connectivity index (χ0) is 18.1. The molecule has 2 heterocycles. The number of fused-ring (bicyclic) bond motifs is 1. The number of rotatable bonds is 4. The highest BCUT2D eigenvalue weighted by Crippen LogP contribution is 2.44. The zero-order valence-electron chi connectivity index (χ0n) is 13.9. The van der Waals surface area contributed by atoms with Crippen LogP contribution in [0.2, 0.25) is 0 Å². The predicted molar refractivity (Wildman–Crippen MR) is 101 cm³/mol. The Morgan fingerprint density at radius 2 is 1.96 bits per heavy atom. The topological polar surface area (TPSA) is 69.7 Å². The van der Waals surface area contributed by atoms with Crippen LogP contribution in [0.5, 0.6) is 0 Å². The summed E-state index contributed by atoms with van der Waals surface area (Å²) in [5, 5.41) is 1.02. The fraction of sp³-hybridized carbons (Fsp3) is 0.294. The first kappa shape index (κ1) is 17.6. The highest BCUT2D eigenvalue weighted by atomic mass is 32.2. The maximum absolute atomic E-state index is 13.0. The van der Waals surface area contributed by atoms with Gasteiger partial charge in [-0.25, -0.2) is 0 Å². The summed E-state index contributed by atoms with van der Waals surface area (Å²) in [5.74, 6) is -1.07. The molecule has 2 aliphatic rings. The van der Waals surface area contributed by atoms with E-state index in [1.807, 2.05) is 24.3 Å². The summed E-state index contributed by atoms with van der Waals surface area (Å²) in [6.07, 6.45) is 1.84. The van der Waals surface area contributed by atoms with Crippen LogP contribution in [0.15, 0.2) is 29.2 Å². The van der Waals surface area contributed by atoms with Crippen molar-refractivity contribution in [3.63, 3.8) is 0 Å². The minimum atomic E-state index is -0.472. The number of anilines is 1. The predicted octanol–water partition coefficient (Wildman–Crippen LogP) is 2.46. The van der Waals surface area contributed by atoms with Gasteiger partial charge in [0.1, 0.15) is 0 Å². The van der Waals surface area contributed by atoms with Gasteiger partial charge in [-0.15, -0.1) is 0 Å². The summed E-state index contributed by atoms with van der Waals surface area (Å²) < 4.78 is 0.208. The molecule has 0 unspecified atom stereocenters. The highest BCUT2D eigenvalue weighted by Gasteiger charge is 2.42. The van der Waals surface area contributed by atoms with Crippen LogP contribution in [0.25, 0.3) is 5.57 Å². The molecule has 0 atom stereocenters. The molecule has 0 aromatic heterocycles. The van der Waals surface area contributed by atoms with Crippen molar-refractivity contribution >= 4 is 57.3 Å². The van der Waals surface area contributed by atoms with Crippen molar-refractivity contribution in [1.29, 1.82) is 0 Å². The van der Waals surface area contributed by atoms with E-state index < -0.39 is 11.8 Å². The Morgan fingerprint density at radius 1 is 1.24 bits per heavy atom. The van der Waals surface area contributed by atoms with Crippen molar-refractivity contribution in [2.24, 2.45) is 0 Å². The number of amides is 3. The smallest absolute Gasteiger partial charge is 0.286 e. The molecule has 0 spiro atoms. The standard InChI is InChI=1S/C17H17N3O3S2/c1-3-4-9-19-12-8-6-5-7-11(12)13(15(19)22)14-16(23)20(17(24)25-14)18-10(2)21/h5-8H,3-4,9H2,1-2H3,(H,18,21)/b14-13-. The Morgan fingerprint density at radius 3 is 2.64 bits per heavy atom. The van der Waals surface area contributed by atoms with E-state index in [2.05, 4.69) is 12.3 Å². The number of nitrogens with one attached hydrogen (secondary N) is 1. The average Bonchev–Trinajstić information content (AvgIpc) is 3.00. The third-order valence-electron chi connectivity index (χ3n) is 3.92. The lowest BCUT2D eigenvalue weighted by atomic mass is 10.1. The third kappa shape index (κ3) is 3.07. The van der Waals surface area contributed by atoms with Crippen LogP contribution in [0.1, 0.15) is 32.3 Å². The van der Waals surface area contributed by atoms with Crippen LogP contribution in [0, 0.1) is 0 Å². The molecule has 25 heavy (non-hydrogen) atoms. The molecule has 1 aromatic carbocycles. The fourth-order valence-corrected chi connectivity index (χ4v) is 4.06. The molecule has 130 valence electrons. The molecule has 1 N–H and O–H groups in total. The summed E-state index contributed by atoms with van der Waals surface area (Å²) in [7, 11) is 0. The van der Waals surface area contributed by atoms with Gasteiger partial charge in [0.2, 0.25) is 5.91 Å². The van der Waals surface area contributed by atoms with Gasteiger partial charge in [-0.05, 0) is 24.7 Å². The van der Waals surface area contributed by atoms with Crippen LogP contribution in [0.3, 0.4) is 0 Å². The largest absolute Gasteiger partial charge is 0.308 e. The maximum atomic E-state index is 13.0. The second-order valence-electron chi connectivity index (χ2n) is 5.71. The van der Waals surface area contributed by atoms with Gasteiger partial charge in [-0.2, -0.15) is 5.01 Å². The molecule has 3 amide bonds. The number of nitrogens with zero attached hydrogens (tertiary/aromatic N) is 2. The molecule has 6 nitrogen and oxygen atoms in total. The van der Waals surface area contributed by atoms with Crippen LogP contribution in [-0.2, 0) is 14.4 Å². The molecule has 1 fully saturated rings. The number of carbonyl (C=O) groups is 3. The van der Waals surface area contributed by atoms with E-state index in [1.54, 1.807) is 4.90 Å². The minimum absolute atomic E-state index is 0.196. The van der Waals surface area contributed by atoms with Gasteiger partial charge in [-0.1, -0.05) is 43.3 Å². The molecule has 1 saturated heterocycles. The van der Waals surface area contributed by atoms with E-state index in [0.717, 1.165) is 40.9 Å². The van der Waals surface area contributed by atoms with E-state index in [4.69, 9.17) is 12.2 Å². The van der Waals surface area contributed by atoms with Gasteiger partial charge in [0.15, 0.2) is 4.32 Å². The Hall–Kier alpha value is -2.19. The van der Waals surface area contributed by atoms with Crippen LogP contribution in [0.4, 0.5) is 5.69 Å². The van der Waals surface area contributed by atoms with E-state index in [-0.39, 0.29) is 15.1 Å². The van der Waals surface area contributed by atoms with Crippen molar-refractivity contribution in [1.82, 2.24) is 10.4 Å². The van der Waals surface area contributed by atoms with Crippen LogP contribution < -0.4 is 10.3 Å². The number of para-hydroxylation sites is 1. The van der Waals surface area contributed by atoms with E-state index in [1.165, 1.54) is 6.92 Å². The number of unbranched alkanes of at least 4 members (excludes halogenated alkanes) is 1. The van der Waals surface area contributed by atoms with Crippen molar-refractivity contribution in [3.8, 4) is 0 Å². The van der Waals surface area contributed by atoms with Gasteiger partial charge in [0, 0.05) is 19.0 Å². The lowest BCUT2D eigenvalue weighted by molar-refractivity contribution is -0.132. The van der Waals surface area contributed by atoms with Crippen molar-refractivity contribution in [2.45, 2.75) is 26.7 Å². The number of hydrogen-bond acceptors (Lipinski definition) is 5. The van der Waals surface area contributed by atoms with E-state index in [9.17, 15) is 14.4 Å². The van der Waals surface area contributed by atoms with Crippen LogP contribution >= 0.6 is 24.0 Å². The quantitative estimate of drug-likeness (QED) is 0.647. The maximum Gasteiger partial charge on any atom is 0.286 e. The minimum Gasteiger partial charge on any atom is -0.308 e. The zero-order valence-corrected chi connectivity index (χ0v) is 15.5. The Labute approximate surface area is 155 Å². The molecule has 0 saturated carbocycles. The summed E-state index contributed by atoms with van der Waals surface area (Å²) in [6.45, 7) is 3.96. The summed E-state index contributed by atoms with van der Waals surface area (Å²) in [6, 6.07) is 7.42. The molecule has 2 aliphatic heterocycles. The lowest BCUT2D eigenvalue weighted by Crippen LogP contribution is -2.43. The molecule has 0 aliphatic carbocycles. The number of carbonyl (C=O) groups excluding carboxylic acids is 3. The highest BCUT2D eigenvalue weighted by molar-refractivity contribution is 8.26. The number of benzene rings is 1. The first-order valence-corrected chi connectivity index (χ1v) is 9.17. The SMILES string of the molecule is CCCCN1C(=O)/C(=C2\SC(=S)N(NC(C)=O)C2=O)c2ccccc21. The van der Waals surface area contributed by atoms with Crippen molar-refractivity contribution < 1.29 is 14.4 Å². The lowest BCUT2D eigenvalue weighted by Gasteiger charge is -2.16. The first-order chi connectivity index (χ1) is 12.0. The molecule has 0 bridgehead atoms. The van der Waals surface area contributed by atoms with Gasteiger partial charge in [0.25, 0.3) is 11.8 Å².